The van der Waals surface area contributed by atoms with E-state index in [1.54, 1.807) is 22.7 Å². The first-order valence-corrected chi connectivity index (χ1v) is 8.35. The number of carbonyl (C=O) groups excluding carboxylic acids is 1. The van der Waals surface area contributed by atoms with E-state index in [-0.39, 0.29) is 11.7 Å². The molecule has 0 bridgehead atoms. The van der Waals surface area contributed by atoms with Gasteiger partial charge in [-0.2, -0.15) is 4.98 Å². The molecule has 134 valence electrons. The Morgan fingerprint density at radius 1 is 1.00 bits per heavy atom. The maximum absolute atomic E-state index is 13.6. The summed E-state index contributed by atoms with van der Waals surface area (Å²) in [5.41, 5.74) is 3.61. The Morgan fingerprint density at radius 3 is 2.48 bits per heavy atom. The summed E-state index contributed by atoms with van der Waals surface area (Å²) in [5.74, 6) is -0.00374. The molecule has 2 heterocycles. The van der Waals surface area contributed by atoms with Crippen molar-refractivity contribution in [1.29, 1.82) is 0 Å². The van der Waals surface area contributed by atoms with Gasteiger partial charge in [-0.05, 0) is 48.5 Å². The molecule has 0 aliphatic carbocycles. The number of halogens is 1. The predicted molar refractivity (Wildman–Crippen MR) is 102 cm³/mol. The smallest absolute Gasteiger partial charge is 0.247 e. The van der Waals surface area contributed by atoms with Crippen molar-refractivity contribution >= 4 is 28.9 Å². The fraction of sp³-hybridized carbons (Fsp3) is 0.0500. The summed E-state index contributed by atoms with van der Waals surface area (Å²) in [4.78, 5) is 15.6. The molecule has 27 heavy (non-hydrogen) atoms. The molecule has 0 aliphatic heterocycles. The summed E-state index contributed by atoms with van der Waals surface area (Å²) in [6.45, 7) is 1.46. The van der Waals surface area contributed by atoms with E-state index in [9.17, 15) is 9.18 Å². The van der Waals surface area contributed by atoms with Gasteiger partial charge in [0.15, 0.2) is 5.65 Å². The van der Waals surface area contributed by atoms with Crippen molar-refractivity contribution in [2.45, 2.75) is 6.92 Å². The largest absolute Gasteiger partial charge is 0.326 e. The first-order valence-electron chi connectivity index (χ1n) is 8.35. The average Bonchev–Trinajstić information content (AvgIpc) is 3.05. The second-order valence-corrected chi connectivity index (χ2v) is 6.01. The Balaban J connectivity index is 1.64. The molecule has 0 atom stereocenters. The molecule has 0 saturated heterocycles. The number of nitrogens with one attached hydrogen (secondary N) is 2. The normalized spacial score (nSPS) is 10.7. The Labute approximate surface area is 154 Å². The topological polar surface area (TPSA) is 71.3 Å². The van der Waals surface area contributed by atoms with Crippen LogP contribution in [0.15, 0.2) is 66.7 Å². The van der Waals surface area contributed by atoms with E-state index in [4.69, 9.17) is 0 Å². The number of aromatic nitrogens is 3. The van der Waals surface area contributed by atoms with Crippen molar-refractivity contribution in [3.63, 3.8) is 0 Å². The van der Waals surface area contributed by atoms with Gasteiger partial charge in [0.2, 0.25) is 11.9 Å². The van der Waals surface area contributed by atoms with Crippen LogP contribution in [0.1, 0.15) is 6.92 Å². The zero-order valence-corrected chi connectivity index (χ0v) is 14.5. The van der Waals surface area contributed by atoms with Gasteiger partial charge in [-0.15, -0.1) is 5.10 Å². The first kappa shape index (κ1) is 16.7. The maximum Gasteiger partial charge on any atom is 0.247 e. The van der Waals surface area contributed by atoms with Crippen LogP contribution in [0.2, 0.25) is 0 Å². The van der Waals surface area contributed by atoms with Gasteiger partial charge in [0.25, 0.3) is 0 Å². The summed E-state index contributed by atoms with van der Waals surface area (Å²) in [6, 6.07) is 19.1. The Hall–Kier alpha value is -3.74. The minimum absolute atomic E-state index is 0.123. The van der Waals surface area contributed by atoms with Gasteiger partial charge < -0.3 is 10.6 Å². The molecule has 0 spiro atoms. The maximum atomic E-state index is 13.6. The van der Waals surface area contributed by atoms with Crippen LogP contribution < -0.4 is 10.6 Å². The quantitative estimate of drug-likeness (QED) is 0.570. The van der Waals surface area contributed by atoms with Crippen molar-refractivity contribution < 1.29 is 9.18 Å². The molecule has 0 saturated carbocycles. The minimum Gasteiger partial charge on any atom is -0.326 e. The SMILES string of the molecule is CC(=O)Nc1ccc(Nc2nc3cccc(-c4cccc(F)c4)n3n2)cc1. The van der Waals surface area contributed by atoms with Crippen LogP contribution in [0.3, 0.4) is 0 Å². The van der Waals surface area contributed by atoms with Crippen molar-refractivity contribution in [2.24, 2.45) is 0 Å². The third-order valence-corrected chi connectivity index (χ3v) is 3.94. The molecule has 4 rings (SSSR count). The molecule has 0 fully saturated rings. The number of rotatable bonds is 4. The molecule has 2 N–H and O–H groups in total. The highest BCUT2D eigenvalue weighted by molar-refractivity contribution is 5.88. The first-order chi connectivity index (χ1) is 13.1. The predicted octanol–water partition coefficient (Wildman–Crippen LogP) is 4.24. The van der Waals surface area contributed by atoms with E-state index in [1.165, 1.54) is 19.1 Å². The fourth-order valence-corrected chi connectivity index (χ4v) is 2.79. The van der Waals surface area contributed by atoms with Crippen LogP contribution in [-0.2, 0) is 4.79 Å². The summed E-state index contributed by atoms with van der Waals surface area (Å²) >= 11 is 0. The molecule has 2 aromatic heterocycles. The lowest BCUT2D eigenvalue weighted by Crippen LogP contribution is -2.05. The summed E-state index contributed by atoms with van der Waals surface area (Å²) in [5, 5.41) is 10.3. The van der Waals surface area contributed by atoms with Crippen molar-refractivity contribution in [3.8, 4) is 11.3 Å². The highest BCUT2D eigenvalue weighted by Crippen LogP contribution is 2.23. The summed E-state index contributed by atoms with van der Waals surface area (Å²) in [6.07, 6.45) is 0. The number of pyridine rings is 1. The second kappa shape index (κ2) is 6.87. The van der Waals surface area contributed by atoms with E-state index in [0.717, 1.165) is 16.9 Å². The zero-order valence-electron chi connectivity index (χ0n) is 14.5. The van der Waals surface area contributed by atoms with Crippen LogP contribution in [0, 0.1) is 5.82 Å². The molecule has 0 aliphatic rings. The van der Waals surface area contributed by atoms with Gasteiger partial charge in [0, 0.05) is 23.9 Å². The number of hydrogen-bond donors (Lipinski definition) is 2. The monoisotopic (exact) mass is 361 g/mol. The zero-order chi connectivity index (χ0) is 18.8. The van der Waals surface area contributed by atoms with Gasteiger partial charge in [-0.1, -0.05) is 18.2 Å². The van der Waals surface area contributed by atoms with Crippen LogP contribution in [0.5, 0.6) is 0 Å². The van der Waals surface area contributed by atoms with Gasteiger partial charge in [-0.25, -0.2) is 8.91 Å². The van der Waals surface area contributed by atoms with Crippen molar-refractivity contribution in [2.75, 3.05) is 10.6 Å². The number of anilines is 3. The highest BCUT2D eigenvalue weighted by atomic mass is 19.1. The molecule has 1 amide bonds. The van der Waals surface area contributed by atoms with Crippen LogP contribution in [0.4, 0.5) is 21.7 Å². The van der Waals surface area contributed by atoms with E-state index in [2.05, 4.69) is 20.7 Å². The molecule has 0 unspecified atom stereocenters. The van der Waals surface area contributed by atoms with Crippen molar-refractivity contribution in [3.05, 3.63) is 72.5 Å². The van der Waals surface area contributed by atoms with Gasteiger partial charge in [0.1, 0.15) is 5.82 Å². The van der Waals surface area contributed by atoms with E-state index < -0.39 is 0 Å². The van der Waals surface area contributed by atoms with Crippen molar-refractivity contribution in [1.82, 2.24) is 14.6 Å². The lowest BCUT2D eigenvalue weighted by Gasteiger charge is -2.05. The Bertz CT molecular complexity index is 1120. The minimum atomic E-state index is -0.303. The average molecular weight is 361 g/mol. The van der Waals surface area contributed by atoms with E-state index in [0.29, 0.717) is 17.3 Å². The molecule has 2 aromatic carbocycles. The molecular weight excluding hydrogens is 345 g/mol. The summed E-state index contributed by atoms with van der Waals surface area (Å²) in [7, 11) is 0. The second-order valence-electron chi connectivity index (χ2n) is 6.01. The standard InChI is InChI=1S/C20H16FN5O/c1-13(27)22-16-8-10-17(11-9-16)23-20-24-19-7-3-6-18(26(19)25-20)14-4-2-5-15(21)12-14/h2-12H,1H3,(H,22,27)(H,23,25). The molecule has 0 radical (unpaired) electrons. The number of hydrogen-bond acceptors (Lipinski definition) is 4. The number of nitrogens with zero attached hydrogens (tertiary/aromatic N) is 3. The number of fused-ring (bicyclic) bond motifs is 1. The molecule has 7 heteroatoms. The lowest BCUT2D eigenvalue weighted by molar-refractivity contribution is -0.114. The van der Waals surface area contributed by atoms with Crippen LogP contribution >= 0.6 is 0 Å². The number of benzene rings is 2. The number of amides is 1. The lowest BCUT2D eigenvalue weighted by atomic mass is 10.1. The molecule has 6 nitrogen and oxygen atoms in total. The Kier molecular flexibility index (Phi) is 4.25. The third-order valence-electron chi connectivity index (χ3n) is 3.94. The Morgan fingerprint density at radius 2 is 1.74 bits per heavy atom. The van der Waals surface area contributed by atoms with Gasteiger partial charge >= 0.3 is 0 Å². The van der Waals surface area contributed by atoms with Gasteiger partial charge in [0.05, 0.1) is 5.69 Å². The van der Waals surface area contributed by atoms with E-state index >= 15 is 0 Å². The van der Waals surface area contributed by atoms with Gasteiger partial charge in [-0.3, -0.25) is 4.79 Å². The van der Waals surface area contributed by atoms with Crippen LogP contribution in [0.25, 0.3) is 16.9 Å². The third kappa shape index (κ3) is 3.62. The molecule has 4 aromatic rings. The number of carbonyl (C=O) groups is 1. The highest BCUT2D eigenvalue weighted by Gasteiger charge is 2.09. The van der Waals surface area contributed by atoms with E-state index in [1.807, 2.05) is 36.4 Å². The molecular formula is C20H16FN5O. The fourth-order valence-electron chi connectivity index (χ4n) is 2.79. The summed E-state index contributed by atoms with van der Waals surface area (Å²) < 4.78 is 15.2. The van der Waals surface area contributed by atoms with Crippen LogP contribution in [-0.4, -0.2) is 20.5 Å².